The Morgan fingerprint density at radius 1 is 1.18 bits per heavy atom. The van der Waals surface area contributed by atoms with Crippen LogP contribution in [0.1, 0.15) is 24.5 Å². The fraction of sp³-hybridized carbons (Fsp3) is 0.167. The zero-order valence-corrected chi connectivity index (χ0v) is 12.9. The topological polar surface area (TPSA) is 21.6 Å². The molecule has 2 nitrogen and oxygen atoms in total. The lowest BCUT2D eigenvalue weighted by Gasteiger charge is -2.11. The Labute approximate surface area is 133 Å². The Bertz CT molecular complexity index is 767. The van der Waals surface area contributed by atoms with Crippen molar-refractivity contribution in [2.24, 2.45) is 4.99 Å². The molecule has 0 radical (unpaired) electrons. The van der Waals surface area contributed by atoms with E-state index < -0.39 is 0 Å². The highest BCUT2D eigenvalue weighted by molar-refractivity contribution is 6.31. The average Bonchev–Trinajstić information content (AvgIpc) is 2.68. The summed E-state index contributed by atoms with van der Waals surface area (Å²) in [4.78, 5) is 4.54. The Balaban J connectivity index is 2.17. The fourth-order valence-corrected chi connectivity index (χ4v) is 2.67. The SMILES string of the molecule is CCOC1=Nc2ccc(Cl)cc2C(c2ccccc2F)=CC1. The van der Waals surface area contributed by atoms with Crippen LogP contribution in [0.2, 0.25) is 5.02 Å². The summed E-state index contributed by atoms with van der Waals surface area (Å²) >= 11 is 6.12. The largest absolute Gasteiger partial charge is 0.481 e. The standard InChI is InChI=1S/C18H15ClFNO/c1-2-22-18-10-8-13(14-5-3-4-6-16(14)20)15-11-12(19)7-9-17(15)21-18/h3-9,11H,2,10H2,1H3. The average molecular weight is 316 g/mol. The summed E-state index contributed by atoms with van der Waals surface area (Å²) in [6.07, 6.45) is 2.46. The van der Waals surface area contributed by atoms with E-state index in [1.54, 1.807) is 18.2 Å². The predicted octanol–water partition coefficient (Wildman–Crippen LogP) is 5.38. The van der Waals surface area contributed by atoms with Gasteiger partial charge < -0.3 is 4.74 Å². The molecule has 1 heterocycles. The second kappa shape index (κ2) is 6.32. The van der Waals surface area contributed by atoms with Gasteiger partial charge in [-0.1, -0.05) is 35.9 Å². The molecular formula is C18H15ClFNO. The van der Waals surface area contributed by atoms with Crippen LogP contribution >= 0.6 is 11.6 Å². The maximum atomic E-state index is 14.2. The van der Waals surface area contributed by atoms with E-state index in [1.165, 1.54) is 6.07 Å². The van der Waals surface area contributed by atoms with Gasteiger partial charge in [0.1, 0.15) is 5.82 Å². The molecule has 0 unspecified atom stereocenters. The Hall–Kier alpha value is -2.13. The minimum atomic E-state index is -0.264. The van der Waals surface area contributed by atoms with Gasteiger partial charge in [-0.3, -0.25) is 0 Å². The van der Waals surface area contributed by atoms with Crippen LogP contribution in [0.3, 0.4) is 0 Å². The van der Waals surface area contributed by atoms with E-state index in [0.717, 1.165) is 16.8 Å². The molecule has 1 aliphatic heterocycles. The highest BCUT2D eigenvalue weighted by atomic mass is 35.5. The molecule has 1 aliphatic rings. The summed E-state index contributed by atoms with van der Waals surface area (Å²) in [5.74, 6) is 0.358. The number of nitrogens with zero attached hydrogens (tertiary/aromatic N) is 1. The van der Waals surface area contributed by atoms with Gasteiger partial charge in [0, 0.05) is 22.6 Å². The minimum absolute atomic E-state index is 0.264. The zero-order chi connectivity index (χ0) is 15.5. The second-order valence-corrected chi connectivity index (χ2v) is 5.34. The molecule has 0 atom stereocenters. The first kappa shape index (κ1) is 14.8. The van der Waals surface area contributed by atoms with Gasteiger partial charge in [0.2, 0.25) is 0 Å². The van der Waals surface area contributed by atoms with Crippen LogP contribution in [0.4, 0.5) is 10.1 Å². The van der Waals surface area contributed by atoms with Crippen LogP contribution in [0.15, 0.2) is 53.5 Å². The van der Waals surface area contributed by atoms with Gasteiger partial charge >= 0.3 is 0 Å². The molecule has 4 heteroatoms. The van der Waals surface area contributed by atoms with Crippen molar-refractivity contribution >= 4 is 28.8 Å². The van der Waals surface area contributed by atoms with Crippen LogP contribution in [0.5, 0.6) is 0 Å². The van der Waals surface area contributed by atoms with Crippen molar-refractivity contribution in [3.05, 3.63) is 70.5 Å². The van der Waals surface area contributed by atoms with Gasteiger partial charge in [-0.15, -0.1) is 0 Å². The smallest absolute Gasteiger partial charge is 0.192 e. The first-order chi connectivity index (χ1) is 10.7. The molecule has 2 aromatic carbocycles. The van der Waals surface area contributed by atoms with Crippen molar-refractivity contribution in [1.82, 2.24) is 0 Å². The van der Waals surface area contributed by atoms with Crippen LogP contribution in [-0.2, 0) is 4.74 Å². The number of ether oxygens (including phenoxy) is 1. The molecule has 0 bridgehead atoms. The van der Waals surface area contributed by atoms with Crippen molar-refractivity contribution in [2.45, 2.75) is 13.3 Å². The first-order valence-corrected chi connectivity index (χ1v) is 7.52. The molecule has 0 fully saturated rings. The third-order valence-corrected chi connectivity index (χ3v) is 3.68. The number of benzene rings is 2. The second-order valence-electron chi connectivity index (χ2n) is 4.90. The molecule has 2 aromatic rings. The maximum Gasteiger partial charge on any atom is 0.192 e. The van der Waals surface area contributed by atoms with Gasteiger partial charge in [-0.05, 0) is 36.8 Å². The third-order valence-electron chi connectivity index (χ3n) is 3.45. The molecule has 0 saturated heterocycles. The van der Waals surface area contributed by atoms with E-state index in [2.05, 4.69) is 4.99 Å². The molecular weight excluding hydrogens is 301 g/mol. The van der Waals surface area contributed by atoms with Crippen LogP contribution < -0.4 is 0 Å². The van der Waals surface area contributed by atoms with Gasteiger partial charge in [0.05, 0.1) is 12.3 Å². The summed E-state index contributed by atoms with van der Waals surface area (Å²) in [6, 6.07) is 12.1. The van der Waals surface area contributed by atoms with E-state index in [1.807, 2.05) is 31.2 Å². The molecule has 0 amide bonds. The Morgan fingerprint density at radius 3 is 2.77 bits per heavy atom. The number of aliphatic imine (C=N–C) groups is 1. The quantitative estimate of drug-likeness (QED) is 0.729. The minimum Gasteiger partial charge on any atom is -0.481 e. The van der Waals surface area contributed by atoms with Crippen molar-refractivity contribution in [1.29, 1.82) is 0 Å². The van der Waals surface area contributed by atoms with Gasteiger partial charge in [0.15, 0.2) is 5.90 Å². The van der Waals surface area contributed by atoms with Crippen LogP contribution in [0.25, 0.3) is 5.57 Å². The van der Waals surface area contributed by atoms with Crippen molar-refractivity contribution in [3.8, 4) is 0 Å². The summed E-state index contributed by atoms with van der Waals surface area (Å²) in [5.41, 5.74) is 2.88. The van der Waals surface area contributed by atoms with E-state index in [4.69, 9.17) is 16.3 Å². The summed E-state index contributed by atoms with van der Waals surface area (Å²) in [5, 5.41) is 0.594. The van der Waals surface area contributed by atoms with E-state index >= 15 is 0 Å². The van der Waals surface area contributed by atoms with Crippen LogP contribution in [-0.4, -0.2) is 12.5 Å². The predicted molar refractivity (Wildman–Crippen MR) is 88.3 cm³/mol. The molecule has 0 N–H and O–H groups in total. The molecule has 0 spiro atoms. The molecule has 112 valence electrons. The number of fused-ring (bicyclic) bond motifs is 1. The van der Waals surface area contributed by atoms with E-state index in [-0.39, 0.29) is 5.82 Å². The zero-order valence-electron chi connectivity index (χ0n) is 12.1. The van der Waals surface area contributed by atoms with Gasteiger partial charge in [-0.2, -0.15) is 0 Å². The number of hydrogen-bond donors (Lipinski definition) is 0. The van der Waals surface area contributed by atoms with Gasteiger partial charge in [-0.25, -0.2) is 9.38 Å². The number of rotatable bonds is 2. The third kappa shape index (κ3) is 2.90. The fourth-order valence-electron chi connectivity index (χ4n) is 2.49. The molecule has 0 aromatic heterocycles. The summed E-state index contributed by atoms with van der Waals surface area (Å²) in [6.45, 7) is 2.46. The lowest BCUT2D eigenvalue weighted by Crippen LogP contribution is -2.02. The van der Waals surface area contributed by atoms with Crippen LogP contribution in [0, 0.1) is 5.82 Å². The Morgan fingerprint density at radius 2 is 2.00 bits per heavy atom. The van der Waals surface area contributed by atoms with Crippen molar-refractivity contribution < 1.29 is 9.13 Å². The lowest BCUT2D eigenvalue weighted by atomic mass is 9.95. The van der Waals surface area contributed by atoms with Crippen molar-refractivity contribution in [2.75, 3.05) is 6.61 Å². The van der Waals surface area contributed by atoms with E-state index in [9.17, 15) is 4.39 Å². The monoisotopic (exact) mass is 315 g/mol. The Kier molecular flexibility index (Phi) is 4.25. The van der Waals surface area contributed by atoms with E-state index in [0.29, 0.717) is 29.5 Å². The highest BCUT2D eigenvalue weighted by Gasteiger charge is 2.17. The van der Waals surface area contributed by atoms with Crippen molar-refractivity contribution in [3.63, 3.8) is 0 Å². The number of hydrogen-bond acceptors (Lipinski definition) is 2. The molecule has 3 rings (SSSR count). The first-order valence-electron chi connectivity index (χ1n) is 7.14. The molecule has 22 heavy (non-hydrogen) atoms. The highest BCUT2D eigenvalue weighted by Crippen LogP contribution is 2.36. The lowest BCUT2D eigenvalue weighted by molar-refractivity contribution is 0.321. The molecule has 0 aliphatic carbocycles. The number of halogens is 2. The van der Waals surface area contributed by atoms with Gasteiger partial charge in [0.25, 0.3) is 0 Å². The summed E-state index contributed by atoms with van der Waals surface area (Å²) in [7, 11) is 0. The maximum absolute atomic E-state index is 14.2. The molecule has 0 saturated carbocycles. The summed E-state index contributed by atoms with van der Waals surface area (Å²) < 4.78 is 19.7. The normalized spacial score (nSPS) is 13.8.